The van der Waals surface area contributed by atoms with Gasteiger partial charge >= 0.3 is 5.97 Å². The third-order valence-electron chi connectivity index (χ3n) is 8.41. The molecule has 0 radical (unpaired) electrons. The van der Waals surface area contributed by atoms with Crippen molar-refractivity contribution in [1.82, 2.24) is 21.0 Å². The first kappa shape index (κ1) is 52.1. The highest BCUT2D eigenvalue weighted by atomic mass is 16.7. The van der Waals surface area contributed by atoms with Gasteiger partial charge in [0.25, 0.3) is 11.8 Å². The van der Waals surface area contributed by atoms with Crippen LogP contribution < -0.4 is 16.0 Å². The minimum absolute atomic E-state index is 0.00271. The number of methoxy groups -OCH3 is 3. The van der Waals surface area contributed by atoms with Gasteiger partial charge in [0.05, 0.1) is 66.1 Å². The summed E-state index contributed by atoms with van der Waals surface area (Å²) in [6, 6.07) is 0. The highest BCUT2D eigenvalue weighted by molar-refractivity contribution is 6.01. The van der Waals surface area contributed by atoms with E-state index in [1.807, 2.05) is 0 Å². The van der Waals surface area contributed by atoms with Gasteiger partial charge in [0.1, 0.15) is 11.6 Å². The second kappa shape index (κ2) is 33.0. The van der Waals surface area contributed by atoms with Gasteiger partial charge in [-0.25, -0.2) is 4.79 Å². The van der Waals surface area contributed by atoms with Crippen LogP contribution in [0.4, 0.5) is 0 Å². The van der Waals surface area contributed by atoms with Crippen LogP contribution in [0.1, 0.15) is 77.0 Å². The predicted octanol–water partition coefficient (Wildman–Crippen LogP) is -0.0266. The van der Waals surface area contributed by atoms with E-state index in [4.69, 9.17) is 38.0 Å². The number of ketones is 2. The summed E-state index contributed by atoms with van der Waals surface area (Å²) >= 11 is 0. The molecule has 0 atom stereocenters. The number of imide groups is 1. The molecule has 1 heterocycles. The third-order valence-corrected chi connectivity index (χ3v) is 8.41. The predicted molar refractivity (Wildman–Crippen MR) is 204 cm³/mol. The monoisotopic (exact) mass is 832 g/mol. The standard InChI is InChI=1S/C38H64N4O16/c1-51-18-5-6-30(43)11-20-55-27-38(28-56-21-13-33(46)39-15-23-52-2,29-57-22-14-34(47)40-16-24-53-3)26-31(44)12-19-54-25-17-41-32(45)7-4-8-37(50)58-42-35(48)9-10-36(42)49/h4-29H2,1-3H3,(H,39,46)(H,40,47)(H,41,45). The summed E-state index contributed by atoms with van der Waals surface area (Å²) < 4.78 is 38.3. The molecule has 0 spiro atoms. The Balaban J connectivity index is 2.72. The molecule has 0 bridgehead atoms. The van der Waals surface area contributed by atoms with E-state index in [9.17, 15) is 38.4 Å². The quantitative estimate of drug-likeness (QED) is 0.0546. The van der Waals surface area contributed by atoms with Crippen LogP contribution in [0.3, 0.4) is 0 Å². The Kier molecular flexibility index (Phi) is 29.6. The number of nitrogens with one attached hydrogen (secondary N) is 3. The van der Waals surface area contributed by atoms with E-state index in [1.54, 1.807) is 7.11 Å². The molecule has 1 rings (SSSR count). The normalized spacial score (nSPS) is 12.8. The maximum Gasteiger partial charge on any atom is 0.333 e. The van der Waals surface area contributed by atoms with Crippen molar-refractivity contribution >= 4 is 47.1 Å². The zero-order valence-electron chi connectivity index (χ0n) is 34.4. The highest BCUT2D eigenvalue weighted by Crippen LogP contribution is 2.26. The second-order valence-corrected chi connectivity index (χ2v) is 13.6. The molecular formula is C38H64N4O16. The minimum Gasteiger partial charge on any atom is -0.385 e. The van der Waals surface area contributed by atoms with E-state index in [-0.39, 0.29) is 153 Å². The number of rotatable bonds is 38. The Labute approximate surface area is 340 Å². The number of carbonyl (C=O) groups excluding carboxylic acids is 8. The molecule has 3 N–H and O–H groups in total. The largest absolute Gasteiger partial charge is 0.385 e. The molecular weight excluding hydrogens is 768 g/mol. The second-order valence-electron chi connectivity index (χ2n) is 13.6. The first-order valence-electron chi connectivity index (χ1n) is 19.6. The SMILES string of the molecule is COCCCC(=O)CCOCC(COCCC(=O)NCCOC)(COCCC(=O)NCCOC)CC(=O)CCOCCNC(=O)CCCC(=O)ON1C(=O)CCC1=O. The van der Waals surface area contributed by atoms with Crippen LogP contribution in [0.2, 0.25) is 0 Å². The zero-order valence-corrected chi connectivity index (χ0v) is 34.4. The first-order valence-corrected chi connectivity index (χ1v) is 19.6. The zero-order chi connectivity index (χ0) is 42.9. The lowest BCUT2D eigenvalue weighted by atomic mass is 9.84. The Bertz CT molecular complexity index is 1180. The van der Waals surface area contributed by atoms with E-state index in [0.29, 0.717) is 50.8 Å². The molecule has 0 aromatic heterocycles. The molecule has 0 aromatic rings. The summed E-state index contributed by atoms with van der Waals surface area (Å²) in [6.07, 6.45) is 1.15. The average molecular weight is 833 g/mol. The van der Waals surface area contributed by atoms with Gasteiger partial charge in [0, 0.05) is 117 Å². The summed E-state index contributed by atoms with van der Waals surface area (Å²) in [5.41, 5.74) is -1.03. The molecule has 0 aromatic carbocycles. The van der Waals surface area contributed by atoms with Crippen LogP contribution in [-0.4, -0.2) is 166 Å². The third kappa shape index (κ3) is 26.2. The van der Waals surface area contributed by atoms with Crippen LogP contribution in [0, 0.1) is 5.41 Å². The van der Waals surface area contributed by atoms with Crippen LogP contribution in [-0.2, 0) is 76.4 Å². The van der Waals surface area contributed by atoms with Crippen molar-refractivity contribution in [1.29, 1.82) is 0 Å². The summed E-state index contributed by atoms with van der Waals surface area (Å²) in [5.74, 6) is -2.96. The fourth-order valence-corrected chi connectivity index (χ4v) is 5.30. The number of amides is 5. The van der Waals surface area contributed by atoms with E-state index in [0.717, 1.165) is 0 Å². The summed E-state index contributed by atoms with van der Waals surface area (Å²) in [5, 5.41) is 8.55. The van der Waals surface area contributed by atoms with Crippen LogP contribution in [0.25, 0.3) is 0 Å². The lowest BCUT2D eigenvalue weighted by Gasteiger charge is -2.33. The molecule has 332 valence electrons. The number of nitrogens with zero attached hydrogens (tertiary/aromatic N) is 1. The molecule has 5 amide bonds. The van der Waals surface area contributed by atoms with Crippen LogP contribution in [0.15, 0.2) is 0 Å². The lowest BCUT2D eigenvalue weighted by molar-refractivity contribution is -0.197. The summed E-state index contributed by atoms with van der Waals surface area (Å²) in [7, 11) is 4.62. The van der Waals surface area contributed by atoms with Gasteiger partial charge in [0.15, 0.2) is 0 Å². The molecule has 1 saturated heterocycles. The minimum atomic E-state index is -1.03. The fourth-order valence-electron chi connectivity index (χ4n) is 5.30. The molecule has 20 nitrogen and oxygen atoms in total. The van der Waals surface area contributed by atoms with E-state index in [1.165, 1.54) is 14.2 Å². The Hall–Kier alpha value is -3.92. The molecule has 1 aliphatic rings. The molecule has 20 heteroatoms. The Morgan fingerprint density at radius 2 is 0.983 bits per heavy atom. The molecule has 0 aliphatic carbocycles. The van der Waals surface area contributed by atoms with E-state index in [2.05, 4.69) is 16.0 Å². The van der Waals surface area contributed by atoms with Gasteiger partial charge in [0.2, 0.25) is 17.7 Å². The summed E-state index contributed by atoms with van der Waals surface area (Å²) in [4.78, 5) is 102. The first-order chi connectivity index (χ1) is 27.9. The van der Waals surface area contributed by atoms with Crippen molar-refractivity contribution in [2.75, 3.05) is 114 Å². The van der Waals surface area contributed by atoms with Crippen molar-refractivity contribution < 1.29 is 76.4 Å². The fraction of sp³-hybridized carbons (Fsp3) is 0.789. The van der Waals surface area contributed by atoms with Gasteiger partial charge in [-0.1, -0.05) is 0 Å². The van der Waals surface area contributed by atoms with Gasteiger partial charge in [-0.05, 0) is 12.8 Å². The van der Waals surface area contributed by atoms with Gasteiger partial charge in [-0.15, -0.1) is 5.06 Å². The van der Waals surface area contributed by atoms with Crippen molar-refractivity contribution in [3.63, 3.8) is 0 Å². The van der Waals surface area contributed by atoms with Crippen molar-refractivity contribution in [2.24, 2.45) is 5.41 Å². The van der Waals surface area contributed by atoms with Crippen molar-refractivity contribution in [3.05, 3.63) is 0 Å². The van der Waals surface area contributed by atoms with Crippen molar-refractivity contribution in [3.8, 4) is 0 Å². The summed E-state index contributed by atoms with van der Waals surface area (Å²) in [6.45, 7) is 2.33. The average Bonchev–Trinajstić information content (AvgIpc) is 3.50. The lowest BCUT2D eigenvalue weighted by Crippen LogP contribution is -2.40. The Morgan fingerprint density at radius 1 is 0.517 bits per heavy atom. The van der Waals surface area contributed by atoms with Gasteiger partial charge < -0.3 is 53.9 Å². The smallest absolute Gasteiger partial charge is 0.333 e. The molecule has 58 heavy (non-hydrogen) atoms. The number of hydrogen-bond donors (Lipinski definition) is 3. The Morgan fingerprint density at radius 3 is 1.52 bits per heavy atom. The molecule has 0 saturated carbocycles. The van der Waals surface area contributed by atoms with Crippen LogP contribution in [0.5, 0.6) is 0 Å². The highest BCUT2D eigenvalue weighted by Gasteiger charge is 2.35. The van der Waals surface area contributed by atoms with E-state index < -0.39 is 23.2 Å². The number of carbonyl (C=O) groups is 8. The van der Waals surface area contributed by atoms with Gasteiger partial charge in [-0.3, -0.25) is 33.6 Å². The number of Topliss-reactive ketones (excluding diaryl/α,β-unsaturated/α-hetero) is 2. The molecule has 0 unspecified atom stereocenters. The van der Waals surface area contributed by atoms with Crippen molar-refractivity contribution in [2.45, 2.75) is 77.0 Å². The topological polar surface area (TPSA) is 250 Å². The molecule has 1 fully saturated rings. The number of ether oxygens (including phenoxy) is 7. The van der Waals surface area contributed by atoms with Gasteiger partial charge in [-0.2, -0.15) is 0 Å². The molecule has 1 aliphatic heterocycles. The maximum absolute atomic E-state index is 13.4. The maximum atomic E-state index is 13.4. The number of hydrogen-bond acceptors (Lipinski definition) is 16. The van der Waals surface area contributed by atoms with E-state index >= 15 is 0 Å². The van der Waals surface area contributed by atoms with Crippen LogP contribution >= 0.6 is 0 Å². The number of hydroxylamine groups is 2.